The third kappa shape index (κ3) is 2.22. The van der Waals surface area contributed by atoms with E-state index in [4.69, 9.17) is 11.0 Å². The molecule has 0 aliphatic carbocycles. The Morgan fingerprint density at radius 1 is 1.71 bits per heavy atom. The lowest BCUT2D eigenvalue weighted by Crippen LogP contribution is -2.18. The largest absolute Gasteiger partial charge is 0.325 e. The van der Waals surface area contributed by atoms with Crippen LogP contribution in [-0.2, 0) is 16.3 Å². The second kappa shape index (κ2) is 4.09. The number of aromatic nitrogens is 1. The maximum atomic E-state index is 11.7. The molecule has 3 N–H and O–H groups in total. The van der Waals surface area contributed by atoms with Gasteiger partial charge in [-0.15, -0.1) is 0 Å². The summed E-state index contributed by atoms with van der Waals surface area (Å²) in [4.78, 5) is 4.34. The van der Waals surface area contributed by atoms with E-state index in [-0.39, 0.29) is 0 Å². The van der Waals surface area contributed by atoms with Gasteiger partial charge in [0.05, 0.1) is 20.3 Å². The molecule has 74 valence electrons. The molecule has 6 heteroatoms. The fourth-order valence-corrected chi connectivity index (χ4v) is 1.64. The van der Waals surface area contributed by atoms with Crippen LogP contribution in [0.15, 0.2) is 23.2 Å². The number of nitrogens with two attached hydrogens (primary N) is 1. The van der Waals surface area contributed by atoms with Crippen LogP contribution in [0.25, 0.3) is 0 Å². The van der Waals surface area contributed by atoms with Crippen LogP contribution >= 0.6 is 0 Å². The molecule has 1 aromatic heterocycles. The lowest BCUT2D eigenvalue weighted by molar-refractivity contribution is 0.677. The maximum absolute atomic E-state index is 11.7. The molecule has 14 heavy (non-hydrogen) atoms. The number of pyridine rings is 1. The molecular weight excluding hydrogens is 200 g/mol. The monoisotopic (exact) mass is 210 g/mol. The summed E-state index contributed by atoms with van der Waals surface area (Å²) in [7, 11) is -2.75. The van der Waals surface area contributed by atoms with Crippen LogP contribution in [0, 0.1) is 11.5 Å². The van der Waals surface area contributed by atoms with Crippen molar-refractivity contribution < 1.29 is 4.21 Å². The number of rotatable bonds is 3. The maximum Gasteiger partial charge on any atom is 0.189 e. The zero-order valence-corrected chi connectivity index (χ0v) is 8.25. The number of nitrogens with one attached hydrogen (secondary N) is 1. The predicted molar refractivity (Wildman–Crippen MR) is 54.4 cm³/mol. The third-order valence-electron chi connectivity index (χ3n) is 1.60. The third-order valence-corrected chi connectivity index (χ3v) is 3.02. The van der Waals surface area contributed by atoms with Crippen molar-refractivity contribution in [2.24, 2.45) is 5.73 Å². The summed E-state index contributed by atoms with van der Waals surface area (Å²) in [6, 6.07) is 3.24. The summed E-state index contributed by atoms with van der Waals surface area (Å²) < 4.78 is 13.8. The van der Waals surface area contributed by atoms with E-state index in [1.165, 1.54) is 6.20 Å². The van der Waals surface area contributed by atoms with Crippen LogP contribution in [-0.4, -0.2) is 15.1 Å². The van der Waals surface area contributed by atoms with Crippen LogP contribution in [0.3, 0.4) is 0 Å². The Hall–Kier alpha value is -1.58. The van der Waals surface area contributed by atoms with E-state index >= 15 is 0 Å². The molecule has 1 aromatic rings. The highest BCUT2D eigenvalue weighted by molar-refractivity contribution is 7.98. The molecule has 0 aromatic carbocycles. The lowest BCUT2D eigenvalue weighted by Gasteiger charge is -2.05. The lowest BCUT2D eigenvalue weighted by atomic mass is 10.4. The Morgan fingerprint density at radius 2 is 2.43 bits per heavy atom. The van der Waals surface area contributed by atoms with Crippen LogP contribution in [0.5, 0.6) is 0 Å². The Labute approximate surface area is 82.7 Å². The average molecular weight is 210 g/mol. The normalized spacial score (nSPS) is 14.0. The topological polar surface area (TPSA) is 91.8 Å². The molecule has 0 aliphatic rings. The molecule has 0 spiro atoms. The summed E-state index contributed by atoms with van der Waals surface area (Å²) in [5.41, 5.74) is 6.05. The Morgan fingerprint density at radius 3 is 2.86 bits per heavy atom. The van der Waals surface area contributed by atoms with Gasteiger partial charge in [0.2, 0.25) is 0 Å². The van der Waals surface area contributed by atoms with Crippen LogP contribution in [0.4, 0.5) is 0 Å². The molecule has 0 aliphatic heterocycles. The van der Waals surface area contributed by atoms with Crippen molar-refractivity contribution >= 4 is 15.6 Å². The summed E-state index contributed by atoms with van der Waals surface area (Å²) in [5.74, 6) is 3.41. The first-order valence-electron chi connectivity index (χ1n) is 3.78. The highest BCUT2D eigenvalue weighted by Crippen LogP contribution is 2.06. The minimum atomic E-state index is -2.75. The molecule has 1 unspecified atom stereocenters. The zero-order chi connectivity index (χ0) is 10.6. The smallest absolute Gasteiger partial charge is 0.189 e. The molecule has 1 rings (SSSR count). The minimum Gasteiger partial charge on any atom is -0.325 e. The Kier molecular flexibility index (Phi) is 3.06. The van der Waals surface area contributed by atoms with Crippen molar-refractivity contribution in [3.05, 3.63) is 24.0 Å². The van der Waals surface area contributed by atoms with Gasteiger partial charge in [-0.3, -0.25) is 4.98 Å². The van der Waals surface area contributed by atoms with Gasteiger partial charge in [0.1, 0.15) is 0 Å². The van der Waals surface area contributed by atoms with E-state index < -0.39 is 9.71 Å². The van der Waals surface area contributed by atoms with Crippen molar-refractivity contribution in [3.63, 3.8) is 0 Å². The highest BCUT2D eigenvalue weighted by atomic mass is 32.2. The first-order chi connectivity index (χ1) is 6.60. The van der Waals surface area contributed by atoms with Gasteiger partial charge in [-0.2, -0.15) is 5.26 Å². The van der Waals surface area contributed by atoms with E-state index in [9.17, 15) is 4.21 Å². The first kappa shape index (κ1) is 10.5. The highest BCUT2D eigenvalue weighted by Gasteiger charge is 2.05. The molecule has 0 bridgehead atoms. The van der Waals surface area contributed by atoms with Crippen molar-refractivity contribution in [2.75, 3.05) is 0 Å². The predicted octanol–water partition coefficient (Wildman–Crippen LogP) is -0.399. The van der Waals surface area contributed by atoms with Gasteiger partial charge >= 0.3 is 0 Å². The van der Waals surface area contributed by atoms with Crippen molar-refractivity contribution in [1.82, 2.24) is 9.71 Å². The SMILES string of the molecule is C=S(=O)(NC#N)c1ccc(CN)nc1. The van der Waals surface area contributed by atoms with Crippen molar-refractivity contribution in [1.29, 1.82) is 5.26 Å². The molecule has 1 heterocycles. The van der Waals surface area contributed by atoms with Crippen molar-refractivity contribution in [3.8, 4) is 6.19 Å². The molecular formula is C8H10N4OS. The molecule has 5 nitrogen and oxygen atoms in total. The van der Waals surface area contributed by atoms with Gasteiger partial charge in [-0.05, 0) is 18.0 Å². The molecule has 0 fully saturated rings. The van der Waals surface area contributed by atoms with Gasteiger partial charge in [0.15, 0.2) is 6.19 Å². The molecule has 1 atom stereocenters. The zero-order valence-electron chi connectivity index (χ0n) is 7.43. The summed E-state index contributed by atoms with van der Waals surface area (Å²) in [6.07, 6.45) is 3.00. The summed E-state index contributed by atoms with van der Waals surface area (Å²) in [5, 5.41) is 8.34. The van der Waals surface area contributed by atoms with Gasteiger partial charge in [-0.25, -0.2) is 8.93 Å². The van der Waals surface area contributed by atoms with Crippen LogP contribution in [0.1, 0.15) is 5.69 Å². The molecule has 0 saturated carbocycles. The van der Waals surface area contributed by atoms with Gasteiger partial charge < -0.3 is 5.73 Å². The molecule has 0 amide bonds. The van der Waals surface area contributed by atoms with E-state index in [2.05, 4.69) is 15.6 Å². The van der Waals surface area contributed by atoms with Gasteiger partial charge in [0, 0.05) is 12.7 Å². The summed E-state index contributed by atoms with van der Waals surface area (Å²) in [6.45, 7) is 0.324. The number of nitrogens with zero attached hydrogens (tertiary/aromatic N) is 2. The number of hydrogen-bond donors (Lipinski definition) is 2. The molecule has 0 radical (unpaired) electrons. The number of hydrogen-bond acceptors (Lipinski definition) is 4. The Bertz CT molecular complexity index is 443. The van der Waals surface area contributed by atoms with E-state index in [1.807, 2.05) is 0 Å². The fraction of sp³-hybridized carbons (Fsp3) is 0.125. The second-order valence-corrected chi connectivity index (χ2v) is 4.60. The summed E-state index contributed by atoms with van der Waals surface area (Å²) >= 11 is 0. The fourth-order valence-electron chi connectivity index (χ4n) is 0.859. The van der Waals surface area contributed by atoms with Gasteiger partial charge in [0.25, 0.3) is 0 Å². The Balaban J connectivity index is 3.05. The van der Waals surface area contributed by atoms with E-state index in [1.54, 1.807) is 18.3 Å². The van der Waals surface area contributed by atoms with E-state index in [0.717, 1.165) is 0 Å². The van der Waals surface area contributed by atoms with Crippen molar-refractivity contribution in [2.45, 2.75) is 11.4 Å². The minimum absolute atomic E-state index is 0.324. The average Bonchev–Trinajstić information content (AvgIpc) is 2.18. The van der Waals surface area contributed by atoms with E-state index in [0.29, 0.717) is 17.1 Å². The number of nitriles is 1. The van der Waals surface area contributed by atoms with Crippen LogP contribution < -0.4 is 10.5 Å². The second-order valence-electron chi connectivity index (χ2n) is 2.58. The standard InChI is InChI=1S/C8H10N4OS/c1-14(13,12-6-10)8-3-2-7(4-9)11-5-8/h2-3,5H,1,4,9H2,(H,12,13). The van der Waals surface area contributed by atoms with Gasteiger partial charge in [-0.1, -0.05) is 0 Å². The quantitative estimate of drug-likeness (QED) is 0.403. The first-order valence-corrected chi connectivity index (χ1v) is 5.51. The van der Waals surface area contributed by atoms with Crippen LogP contribution in [0.2, 0.25) is 0 Å². The molecule has 0 saturated heterocycles.